The number of ether oxygens (including phenoxy) is 1. The number of nitrogens with zero attached hydrogens (tertiary/aromatic N) is 2. The predicted octanol–water partition coefficient (Wildman–Crippen LogP) is 2.64. The first kappa shape index (κ1) is 16.6. The summed E-state index contributed by atoms with van der Waals surface area (Å²) in [6.45, 7) is 0.268. The SMILES string of the molecule is Cn1nccc1-c1ccc2c(c1OS(=O)(=O)C(F)(F)F)OCCC2. The Kier molecular flexibility index (Phi) is 3.94. The first-order valence-electron chi connectivity index (χ1n) is 6.98. The lowest BCUT2D eigenvalue weighted by atomic mass is 10.0. The van der Waals surface area contributed by atoms with Gasteiger partial charge in [0.2, 0.25) is 0 Å². The maximum Gasteiger partial charge on any atom is 0.534 e. The molecule has 6 nitrogen and oxygen atoms in total. The minimum atomic E-state index is -5.82. The van der Waals surface area contributed by atoms with Gasteiger partial charge in [0.1, 0.15) is 0 Å². The van der Waals surface area contributed by atoms with Crippen molar-refractivity contribution in [2.75, 3.05) is 6.61 Å². The number of aryl methyl sites for hydroxylation is 2. The van der Waals surface area contributed by atoms with E-state index in [1.54, 1.807) is 13.1 Å². The molecular formula is C14H13F3N2O4S. The Hall–Kier alpha value is -2.23. The van der Waals surface area contributed by atoms with E-state index in [1.165, 1.54) is 23.0 Å². The van der Waals surface area contributed by atoms with Crippen molar-refractivity contribution in [1.29, 1.82) is 0 Å². The lowest BCUT2D eigenvalue weighted by Crippen LogP contribution is -2.28. The summed E-state index contributed by atoms with van der Waals surface area (Å²) in [6, 6.07) is 4.73. The number of aromatic nitrogens is 2. The van der Waals surface area contributed by atoms with Crippen LogP contribution in [0, 0.1) is 0 Å². The Morgan fingerprint density at radius 1 is 1.29 bits per heavy atom. The molecule has 130 valence electrons. The lowest BCUT2D eigenvalue weighted by molar-refractivity contribution is -0.0500. The highest BCUT2D eigenvalue weighted by atomic mass is 32.2. The van der Waals surface area contributed by atoms with Crippen LogP contribution in [0.1, 0.15) is 12.0 Å². The van der Waals surface area contributed by atoms with E-state index in [2.05, 4.69) is 9.28 Å². The molecule has 0 spiro atoms. The van der Waals surface area contributed by atoms with E-state index in [0.717, 1.165) is 0 Å². The highest BCUT2D eigenvalue weighted by molar-refractivity contribution is 7.88. The Labute approximate surface area is 135 Å². The molecule has 1 aliphatic heterocycles. The second-order valence-electron chi connectivity index (χ2n) is 5.21. The summed E-state index contributed by atoms with van der Waals surface area (Å²) in [6.07, 6.45) is 2.69. The standard InChI is InChI=1S/C14H13F3N2O4S/c1-19-11(6-7-18-19)10-5-4-9-3-2-8-22-12(9)13(10)23-24(20,21)14(15,16)17/h4-7H,2-3,8H2,1H3. The maximum absolute atomic E-state index is 12.7. The number of rotatable bonds is 3. The van der Waals surface area contributed by atoms with Gasteiger partial charge in [-0.25, -0.2) is 0 Å². The van der Waals surface area contributed by atoms with Crippen LogP contribution in [0.4, 0.5) is 13.2 Å². The van der Waals surface area contributed by atoms with Crippen molar-refractivity contribution in [1.82, 2.24) is 9.78 Å². The summed E-state index contributed by atoms with van der Waals surface area (Å²) in [5.41, 5.74) is -4.38. The molecule has 0 N–H and O–H groups in total. The second kappa shape index (κ2) is 5.69. The first-order valence-corrected chi connectivity index (χ1v) is 8.39. The van der Waals surface area contributed by atoms with Crippen LogP contribution in [0.15, 0.2) is 24.4 Å². The quantitative estimate of drug-likeness (QED) is 0.620. The topological polar surface area (TPSA) is 70.4 Å². The molecule has 0 saturated carbocycles. The number of halogens is 3. The number of hydrogen-bond acceptors (Lipinski definition) is 5. The zero-order valence-electron chi connectivity index (χ0n) is 12.5. The molecule has 24 heavy (non-hydrogen) atoms. The van der Waals surface area contributed by atoms with E-state index < -0.39 is 21.4 Å². The second-order valence-corrected chi connectivity index (χ2v) is 6.74. The molecule has 10 heteroatoms. The van der Waals surface area contributed by atoms with Crippen LogP contribution in [-0.2, 0) is 23.6 Å². The van der Waals surface area contributed by atoms with E-state index in [0.29, 0.717) is 24.1 Å². The minimum Gasteiger partial charge on any atom is -0.489 e. The molecular weight excluding hydrogens is 349 g/mol. The third-order valence-electron chi connectivity index (χ3n) is 3.60. The Balaban J connectivity index is 2.20. The van der Waals surface area contributed by atoms with Gasteiger partial charge in [-0.2, -0.15) is 26.7 Å². The third kappa shape index (κ3) is 2.81. The maximum atomic E-state index is 12.7. The van der Waals surface area contributed by atoms with Crippen LogP contribution in [-0.4, -0.2) is 30.3 Å². The van der Waals surface area contributed by atoms with Crippen molar-refractivity contribution < 1.29 is 30.5 Å². The van der Waals surface area contributed by atoms with Gasteiger partial charge in [-0.15, -0.1) is 0 Å². The Bertz CT molecular complexity index is 875. The van der Waals surface area contributed by atoms with E-state index in [-0.39, 0.29) is 17.9 Å². The summed E-state index contributed by atoms with van der Waals surface area (Å²) in [7, 11) is -4.24. The molecule has 0 amide bonds. The fourth-order valence-electron chi connectivity index (χ4n) is 2.47. The molecule has 0 aliphatic carbocycles. The molecule has 0 fully saturated rings. The largest absolute Gasteiger partial charge is 0.534 e. The van der Waals surface area contributed by atoms with Gasteiger partial charge in [-0.3, -0.25) is 4.68 Å². The van der Waals surface area contributed by atoms with Crippen LogP contribution in [0.5, 0.6) is 11.5 Å². The zero-order chi connectivity index (χ0) is 17.5. The third-order valence-corrected chi connectivity index (χ3v) is 4.56. The van der Waals surface area contributed by atoms with Crippen LogP contribution in [0.25, 0.3) is 11.3 Å². The molecule has 0 unspecified atom stereocenters. The molecule has 0 radical (unpaired) electrons. The minimum absolute atomic E-state index is 0.0211. The average molecular weight is 362 g/mol. The Morgan fingerprint density at radius 2 is 2.04 bits per heavy atom. The van der Waals surface area contributed by atoms with E-state index in [1.807, 2.05) is 0 Å². The van der Waals surface area contributed by atoms with Gasteiger partial charge in [0.05, 0.1) is 12.3 Å². The van der Waals surface area contributed by atoms with E-state index >= 15 is 0 Å². The van der Waals surface area contributed by atoms with Crippen LogP contribution >= 0.6 is 0 Å². The summed E-state index contributed by atoms with van der Waals surface area (Å²) >= 11 is 0. The van der Waals surface area contributed by atoms with Crippen LogP contribution in [0.3, 0.4) is 0 Å². The number of fused-ring (bicyclic) bond motifs is 1. The van der Waals surface area contributed by atoms with Gasteiger partial charge in [0.15, 0.2) is 11.5 Å². The molecule has 1 aliphatic rings. The van der Waals surface area contributed by atoms with Gasteiger partial charge < -0.3 is 8.92 Å². The van der Waals surface area contributed by atoms with Crippen molar-refractivity contribution in [3.63, 3.8) is 0 Å². The average Bonchev–Trinajstić information content (AvgIpc) is 2.92. The molecule has 0 atom stereocenters. The van der Waals surface area contributed by atoms with Crippen molar-refractivity contribution >= 4 is 10.1 Å². The molecule has 1 aromatic carbocycles. The molecule has 1 aromatic heterocycles. The highest BCUT2D eigenvalue weighted by Crippen LogP contribution is 2.44. The predicted molar refractivity (Wildman–Crippen MR) is 78.1 cm³/mol. The Morgan fingerprint density at radius 3 is 2.67 bits per heavy atom. The summed E-state index contributed by atoms with van der Waals surface area (Å²) < 4.78 is 72.4. The van der Waals surface area contributed by atoms with Gasteiger partial charge in [-0.05, 0) is 30.5 Å². The fraction of sp³-hybridized carbons (Fsp3) is 0.357. The van der Waals surface area contributed by atoms with Crippen molar-refractivity contribution in [3.05, 3.63) is 30.0 Å². The van der Waals surface area contributed by atoms with Gasteiger partial charge in [0, 0.05) is 18.8 Å². The van der Waals surface area contributed by atoms with E-state index in [9.17, 15) is 21.6 Å². The first-order chi connectivity index (χ1) is 11.2. The lowest BCUT2D eigenvalue weighted by Gasteiger charge is -2.22. The summed E-state index contributed by atoms with van der Waals surface area (Å²) in [5, 5.41) is 3.94. The summed E-state index contributed by atoms with van der Waals surface area (Å²) in [5.74, 6) is -0.444. The summed E-state index contributed by atoms with van der Waals surface area (Å²) in [4.78, 5) is 0. The molecule has 0 saturated heterocycles. The smallest absolute Gasteiger partial charge is 0.489 e. The van der Waals surface area contributed by atoms with Crippen LogP contribution in [0.2, 0.25) is 0 Å². The fourth-order valence-corrected chi connectivity index (χ4v) is 2.95. The number of benzene rings is 1. The zero-order valence-corrected chi connectivity index (χ0v) is 13.3. The molecule has 0 bridgehead atoms. The van der Waals surface area contributed by atoms with E-state index in [4.69, 9.17) is 4.74 Å². The number of alkyl halides is 3. The molecule has 2 heterocycles. The van der Waals surface area contributed by atoms with Gasteiger partial charge in [-0.1, -0.05) is 6.07 Å². The van der Waals surface area contributed by atoms with Gasteiger partial charge >= 0.3 is 15.6 Å². The van der Waals surface area contributed by atoms with Crippen molar-refractivity contribution in [2.24, 2.45) is 7.05 Å². The number of hydrogen-bond donors (Lipinski definition) is 0. The van der Waals surface area contributed by atoms with Crippen molar-refractivity contribution in [3.8, 4) is 22.8 Å². The monoisotopic (exact) mass is 362 g/mol. The van der Waals surface area contributed by atoms with Crippen LogP contribution < -0.4 is 8.92 Å². The van der Waals surface area contributed by atoms with Crippen molar-refractivity contribution in [2.45, 2.75) is 18.3 Å². The molecule has 3 rings (SSSR count). The molecule has 2 aromatic rings. The highest BCUT2D eigenvalue weighted by Gasteiger charge is 2.49. The normalized spacial score (nSPS) is 14.8. The van der Waals surface area contributed by atoms with Gasteiger partial charge in [0.25, 0.3) is 0 Å².